The van der Waals surface area contributed by atoms with E-state index in [1.165, 1.54) is 19.9 Å². The largest absolute Gasteiger partial charge is 0.391 e. The van der Waals surface area contributed by atoms with E-state index in [-0.39, 0.29) is 6.61 Å². The Morgan fingerprint density at radius 2 is 2.33 bits per heavy atom. The van der Waals surface area contributed by atoms with Crippen LogP contribution in [0.15, 0.2) is 39.1 Å². The second-order valence-corrected chi connectivity index (χ2v) is 7.82. The quantitative estimate of drug-likeness (QED) is 0.868. The first-order valence-electron chi connectivity index (χ1n) is 6.72. The van der Waals surface area contributed by atoms with Crippen LogP contribution in [-0.2, 0) is 0 Å². The van der Waals surface area contributed by atoms with Gasteiger partial charge in [-0.1, -0.05) is 17.8 Å². The van der Waals surface area contributed by atoms with Crippen LogP contribution in [0.4, 0.5) is 0 Å². The van der Waals surface area contributed by atoms with Crippen LogP contribution in [0, 0.1) is 0 Å². The number of hydrogen-bond donors (Lipinski definition) is 1. The number of amidine groups is 1. The molecule has 3 nitrogen and oxygen atoms in total. The predicted octanol–water partition coefficient (Wildman–Crippen LogP) is 3.70. The van der Waals surface area contributed by atoms with Crippen LogP contribution in [0.5, 0.6) is 0 Å². The Balaban J connectivity index is 1.87. The zero-order valence-electron chi connectivity index (χ0n) is 11.5. The number of thiophene rings is 1. The second kappa shape index (κ2) is 5.35. The average Bonchev–Trinajstić information content (AvgIpc) is 3.18. The predicted molar refractivity (Wildman–Crippen MR) is 94.2 cm³/mol. The first-order valence-corrected chi connectivity index (χ1v) is 9.58. The van der Waals surface area contributed by atoms with Gasteiger partial charge < -0.3 is 10.0 Å². The highest BCUT2D eigenvalue weighted by atomic mass is 32.2. The minimum Gasteiger partial charge on any atom is -0.391 e. The summed E-state index contributed by atoms with van der Waals surface area (Å²) in [6.07, 6.45) is 2.11. The molecule has 1 aromatic heterocycles. The van der Waals surface area contributed by atoms with Crippen molar-refractivity contribution < 1.29 is 5.11 Å². The Bertz CT molecular complexity index is 778. The third-order valence-electron chi connectivity index (χ3n) is 3.67. The van der Waals surface area contributed by atoms with E-state index in [0.29, 0.717) is 0 Å². The topological polar surface area (TPSA) is 35.8 Å². The molecule has 0 fully saturated rings. The molecule has 2 aliphatic heterocycles. The fourth-order valence-electron chi connectivity index (χ4n) is 2.74. The summed E-state index contributed by atoms with van der Waals surface area (Å²) in [5.41, 5.74) is 1.16. The smallest absolute Gasteiger partial charge is 0.168 e. The van der Waals surface area contributed by atoms with E-state index in [0.717, 1.165) is 28.9 Å². The van der Waals surface area contributed by atoms with E-state index in [4.69, 9.17) is 0 Å². The first kappa shape index (κ1) is 13.7. The molecule has 0 amide bonds. The van der Waals surface area contributed by atoms with E-state index in [2.05, 4.69) is 40.4 Å². The highest BCUT2D eigenvalue weighted by molar-refractivity contribution is 8.17. The molecule has 0 spiro atoms. The zero-order valence-corrected chi connectivity index (χ0v) is 13.9. The molecule has 0 saturated heterocycles. The van der Waals surface area contributed by atoms with Crippen molar-refractivity contribution in [3.63, 3.8) is 0 Å². The van der Waals surface area contributed by atoms with Crippen molar-refractivity contribution >= 4 is 55.8 Å². The van der Waals surface area contributed by atoms with Crippen molar-refractivity contribution in [1.82, 2.24) is 4.90 Å². The highest BCUT2D eigenvalue weighted by Crippen LogP contribution is 2.45. The molecule has 1 N–H and O–H groups in total. The van der Waals surface area contributed by atoms with Crippen molar-refractivity contribution in [1.29, 1.82) is 0 Å². The number of rotatable bonds is 3. The minimum atomic E-state index is 0.0825. The minimum absolute atomic E-state index is 0.0825. The number of aliphatic imine (C=N–C) groups is 1. The normalized spacial score (nSPS) is 17.8. The van der Waals surface area contributed by atoms with Crippen LogP contribution < -0.4 is 0 Å². The van der Waals surface area contributed by atoms with E-state index in [9.17, 15) is 5.11 Å². The third-order valence-corrected chi connectivity index (χ3v) is 6.67. The average molecular weight is 334 g/mol. The maximum Gasteiger partial charge on any atom is 0.168 e. The molecule has 0 aliphatic carbocycles. The maximum absolute atomic E-state index is 9.67. The maximum atomic E-state index is 9.67. The van der Waals surface area contributed by atoms with Gasteiger partial charge in [-0.3, -0.25) is 4.99 Å². The molecular formula is C15H14N2OS3. The number of hydrogen-bond acceptors (Lipinski definition) is 6. The Hall–Kier alpha value is -0.950. The van der Waals surface area contributed by atoms with E-state index in [1.807, 2.05) is 0 Å². The monoisotopic (exact) mass is 334 g/mol. The summed E-state index contributed by atoms with van der Waals surface area (Å²) in [5, 5.41) is 12.0. The summed E-state index contributed by atoms with van der Waals surface area (Å²) in [4.78, 5) is 10.3. The molecule has 3 heterocycles. The number of fused-ring (bicyclic) bond motifs is 2. The molecular weight excluding hydrogens is 320 g/mol. The molecule has 0 atom stereocenters. The van der Waals surface area contributed by atoms with Crippen LogP contribution in [0.1, 0.15) is 4.88 Å². The van der Waals surface area contributed by atoms with Gasteiger partial charge in [0.1, 0.15) is 0 Å². The van der Waals surface area contributed by atoms with Crippen LogP contribution in [0.3, 0.4) is 0 Å². The van der Waals surface area contributed by atoms with Crippen LogP contribution >= 0.6 is 34.9 Å². The Kier molecular flexibility index (Phi) is 3.49. The summed E-state index contributed by atoms with van der Waals surface area (Å²) in [7, 11) is 0. The SMILES string of the molecule is CSc1cccc2sc(C3=C(CO)SC4=NCCN43)cc12. The van der Waals surface area contributed by atoms with Gasteiger partial charge in [-0.15, -0.1) is 23.1 Å². The number of nitrogens with zero attached hydrogens (tertiary/aromatic N) is 2. The summed E-state index contributed by atoms with van der Waals surface area (Å²) < 4.78 is 1.30. The van der Waals surface area contributed by atoms with Gasteiger partial charge in [-0.05, 0) is 24.5 Å². The molecule has 0 bridgehead atoms. The molecule has 108 valence electrons. The number of aliphatic hydroxyl groups excluding tert-OH is 1. The van der Waals surface area contributed by atoms with Gasteiger partial charge in [0.2, 0.25) is 0 Å². The van der Waals surface area contributed by atoms with Crippen LogP contribution in [0.25, 0.3) is 15.8 Å². The van der Waals surface area contributed by atoms with Gasteiger partial charge in [-0.2, -0.15) is 0 Å². The number of aliphatic hydroxyl groups is 1. The van der Waals surface area contributed by atoms with Gasteiger partial charge in [0.25, 0.3) is 0 Å². The van der Waals surface area contributed by atoms with Gasteiger partial charge in [0.15, 0.2) is 5.17 Å². The fourth-order valence-corrected chi connectivity index (χ4v) is 5.69. The molecule has 21 heavy (non-hydrogen) atoms. The van der Waals surface area contributed by atoms with Crippen LogP contribution in [-0.4, -0.2) is 41.1 Å². The van der Waals surface area contributed by atoms with E-state index < -0.39 is 0 Å². The molecule has 0 radical (unpaired) electrons. The Morgan fingerprint density at radius 3 is 3.14 bits per heavy atom. The van der Waals surface area contributed by atoms with Gasteiger partial charge >= 0.3 is 0 Å². The van der Waals surface area contributed by atoms with Crippen molar-refractivity contribution in [2.24, 2.45) is 4.99 Å². The molecule has 0 saturated carbocycles. The second-order valence-electron chi connectivity index (χ2n) is 4.83. The summed E-state index contributed by atoms with van der Waals surface area (Å²) >= 11 is 5.19. The highest BCUT2D eigenvalue weighted by Gasteiger charge is 2.33. The lowest BCUT2D eigenvalue weighted by Crippen LogP contribution is -2.19. The lowest BCUT2D eigenvalue weighted by Gasteiger charge is -2.15. The van der Waals surface area contributed by atoms with Crippen molar-refractivity contribution in [2.45, 2.75) is 4.90 Å². The molecule has 6 heteroatoms. The lowest BCUT2D eigenvalue weighted by atomic mass is 10.2. The molecule has 0 unspecified atom stereocenters. The fraction of sp³-hybridized carbons (Fsp3) is 0.267. The molecule has 1 aromatic carbocycles. The molecule has 4 rings (SSSR count). The first-order chi connectivity index (χ1) is 10.3. The molecule has 2 aliphatic rings. The van der Waals surface area contributed by atoms with E-state index >= 15 is 0 Å². The van der Waals surface area contributed by atoms with Crippen molar-refractivity contribution in [3.8, 4) is 0 Å². The Morgan fingerprint density at radius 1 is 1.43 bits per heavy atom. The molecule has 2 aromatic rings. The summed E-state index contributed by atoms with van der Waals surface area (Å²) in [6.45, 7) is 1.86. The number of thioether (sulfide) groups is 2. The van der Waals surface area contributed by atoms with Gasteiger partial charge in [-0.25, -0.2) is 0 Å². The lowest BCUT2D eigenvalue weighted by molar-refractivity contribution is 0.339. The standard InChI is InChI=1S/C15H14N2OS3/c1-19-10-3-2-4-11-9(10)7-12(20-11)14-13(8-18)21-15-16-5-6-17(14)15/h2-4,7,18H,5-6,8H2,1H3. The van der Waals surface area contributed by atoms with Crippen LogP contribution in [0.2, 0.25) is 0 Å². The van der Waals surface area contributed by atoms with Gasteiger partial charge in [0, 0.05) is 26.4 Å². The van der Waals surface area contributed by atoms with Crippen molar-refractivity contribution in [3.05, 3.63) is 34.0 Å². The summed E-state index contributed by atoms with van der Waals surface area (Å²) in [5.74, 6) is 0. The van der Waals surface area contributed by atoms with E-state index in [1.54, 1.807) is 34.9 Å². The number of benzene rings is 1. The third kappa shape index (κ3) is 2.12. The van der Waals surface area contributed by atoms with Crippen molar-refractivity contribution in [2.75, 3.05) is 26.0 Å². The summed E-state index contributed by atoms with van der Waals surface area (Å²) in [6, 6.07) is 8.71. The Labute approximate surface area is 135 Å². The zero-order chi connectivity index (χ0) is 14.4. The van der Waals surface area contributed by atoms with Gasteiger partial charge in [0.05, 0.1) is 23.7 Å².